The molecule has 2 unspecified atom stereocenters. The first-order chi connectivity index (χ1) is 13.1. The molecular weight excluding hydrogens is 338 g/mol. The summed E-state index contributed by atoms with van der Waals surface area (Å²) in [5.41, 5.74) is 3.56. The van der Waals surface area contributed by atoms with Crippen LogP contribution in [0.1, 0.15) is 49.9 Å². The molecule has 1 aromatic carbocycles. The van der Waals surface area contributed by atoms with E-state index in [-0.39, 0.29) is 11.5 Å². The van der Waals surface area contributed by atoms with Crippen LogP contribution in [0.25, 0.3) is 0 Å². The Hall–Kier alpha value is -2.07. The third-order valence-corrected chi connectivity index (χ3v) is 5.14. The van der Waals surface area contributed by atoms with Crippen LogP contribution >= 0.6 is 0 Å². The second-order valence-electron chi connectivity index (χ2n) is 7.72. The van der Waals surface area contributed by atoms with Crippen molar-refractivity contribution >= 4 is 0 Å². The minimum absolute atomic E-state index is 0.0183. The molecule has 2 heterocycles. The molecule has 2 atom stereocenters. The number of nitrogens with one attached hydrogen (secondary N) is 1. The van der Waals surface area contributed by atoms with E-state index in [1.165, 1.54) is 23.6 Å². The average molecular weight is 370 g/mol. The highest BCUT2D eigenvalue weighted by Gasteiger charge is 2.19. The fraction of sp³-hybridized carbons (Fsp3) is 0.522. The van der Waals surface area contributed by atoms with Crippen LogP contribution in [-0.2, 0) is 24.0 Å². The number of benzene rings is 1. The summed E-state index contributed by atoms with van der Waals surface area (Å²) in [6.45, 7) is 5.68. The SMILES string of the molecule is CCCc1ccc(CCc2cc(=O)cc(OCC3CCC(C)CO3)[nH]2)cc1. The van der Waals surface area contributed by atoms with Crippen LogP contribution in [0.5, 0.6) is 5.88 Å². The highest BCUT2D eigenvalue weighted by Crippen LogP contribution is 2.19. The number of aryl methyl sites for hydroxylation is 3. The van der Waals surface area contributed by atoms with E-state index in [2.05, 4.69) is 43.1 Å². The fourth-order valence-corrected chi connectivity index (χ4v) is 3.48. The summed E-state index contributed by atoms with van der Waals surface area (Å²) in [7, 11) is 0. The van der Waals surface area contributed by atoms with Crippen molar-refractivity contribution in [1.82, 2.24) is 4.98 Å². The van der Waals surface area contributed by atoms with Gasteiger partial charge < -0.3 is 14.5 Å². The van der Waals surface area contributed by atoms with Crippen molar-refractivity contribution in [3.8, 4) is 5.88 Å². The van der Waals surface area contributed by atoms with Crippen LogP contribution in [0.4, 0.5) is 0 Å². The smallest absolute Gasteiger partial charge is 0.194 e. The summed E-state index contributed by atoms with van der Waals surface area (Å²) in [5.74, 6) is 1.17. The Labute approximate surface area is 161 Å². The van der Waals surface area contributed by atoms with Gasteiger partial charge in [0.25, 0.3) is 0 Å². The Morgan fingerprint density at radius 3 is 2.48 bits per heavy atom. The lowest BCUT2D eigenvalue weighted by atomic mass is 10.0. The van der Waals surface area contributed by atoms with Gasteiger partial charge in [-0.25, -0.2) is 0 Å². The van der Waals surface area contributed by atoms with Gasteiger partial charge in [-0.15, -0.1) is 0 Å². The lowest BCUT2D eigenvalue weighted by molar-refractivity contribution is -0.0341. The number of aromatic amines is 1. The molecule has 1 aliphatic rings. The number of H-pyrrole nitrogens is 1. The van der Waals surface area contributed by atoms with Crippen molar-refractivity contribution in [2.24, 2.45) is 5.92 Å². The van der Waals surface area contributed by atoms with Gasteiger partial charge in [-0.2, -0.15) is 0 Å². The van der Waals surface area contributed by atoms with E-state index in [1.807, 2.05) is 0 Å². The molecule has 1 fully saturated rings. The van der Waals surface area contributed by atoms with Gasteiger partial charge in [0.1, 0.15) is 6.61 Å². The van der Waals surface area contributed by atoms with Crippen LogP contribution in [-0.4, -0.2) is 24.3 Å². The van der Waals surface area contributed by atoms with Gasteiger partial charge in [-0.05, 0) is 49.1 Å². The zero-order valence-corrected chi connectivity index (χ0v) is 16.5. The Balaban J connectivity index is 1.54. The lowest BCUT2D eigenvalue weighted by Crippen LogP contribution is -2.29. The Morgan fingerprint density at radius 1 is 1.07 bits per heavy atom. The van der Waals surface area contributed by atoms with Gasteiger partial charge in [0.15, 0.2) is 11.3 Å². The molecule has 0 spiro atoms. The molecule has 3 rings (SSSR count). The first-order valence-electron chi connectivity index (χ1n) is 10.2. The average Bonchev–Trinajstić information content (AvgIpc) is 2.67. The van der Waals surface area contributed by atoms with E-state index in [0.29, 0.717) is 18.4 Å². The van der Waals surface area contributed by atoms with Crippen LogP contribution in [0.2, 0.25) is 0 Å². The summed E-state index contributed by atoms with van der Waals surface area (Å²) < 4.78 is 11.6. The number of hydrogen-bond acceptors (Lipinski definition) is 3. The molecule has 0 radical (unpaired) electrons. The maximum absolute atomic E-state index is 12.0. The van der Waals surface area contributed by atoms with E-state index in [9.17, 15) is 4.79 Å². The van der Waals surface area contributed by atoms with Crippen molar-refractivity contribution < 1.29 is 9.47 Å². The maximum Gasteiger partial charge on any atom is 0.194 e. The number of ether oxygens (including phenoxy) is 2. The second-order valence-corrected chi connectivity index (χ2v) is 7.72. The van der Waals surface area contributed by atoms with E-state index >= 15 is 0 Å². The van der Waals surface area contributed by atoms with Gasteiger partial charge in [0.05, 0.1) is 6.10 Å². The predicted molar refractivity (Wildman–Crippen MR) is 109 cm³/mol. The molecule has 0 aliphatic carbocycles. The number of hydrogen-bond donors (Lipinski definition) is 1. The molecule has 1 saturated heterocycles. The summed E-state index contributed by atoms with van der Waals surface area (Å²) >= 11 is 0. The molecule has 1 aliphatic heterocycles. The lowest BCUT2D eigenvalue weighted by Gasteiger charge is -2.26. The maximum atomic E-state index is 12.0. The molecule has 2 aromatic rings. The summed E-state index contributed by atoms with van der Waals surface area (Å²) in [5, 5.41) is 0. The topological polar surface area (TPSA) is 51.3 Å². The van der Waals surface area contributed by atoms with Gasteiger partial charge in [0, 0.05) is 24.4 Å². The summed E-state index contributed by atoms with van der Waals surface area (Å²) in [4.78, 5) is 15.3. The number of pyridine rings is 1. The van der Waals surface area contributed by atoms with E-state index in [4.69, 9.17) is 9.47 Å². The largest absolute Gasteiger partial charge is 0.476 e. The molecule has 0 saturated carbocycles. The highest BCUT2D eigenvalue weighted by atomic mass is 16.5. The molecule has 4 nitrogen and oxygen atoms in total. The zero-order valence-electron chi connectivity index (χ0n) is 16.5. The highest BCUT2D eigenvalue weighted by molar-refractivity contribution is 5.24. The van der Waals surface area contributed by atoms with Crippen LogP contribution in [0, 0.1) is 5.92 Å². The molecule has 0 bridgehead atoms. The molecule has 4 heteroatoms. The van der Waals surface area contributed by atoms with E-state index in [0.717, 1.165) is 44.4 Å². The fourth-order valence-electron chi connectivity index (χ4n) is 3.48. The van der Waals surface area contributed by atoms with Crippen LogP contribution < -0.4 is 10.2 Å². The second kappa shape index (κ2) is 9.75. The third kappa shape index (κ3) is 6.24. The summed E-state index contributed by atoms with van der Waals surface area (Å²) in [6, 6.07) is 12.0. The Bertz CT molecular complexity index is 758. The van der Waals surface area contributed by atoms with Crippen molar-refractivity contribution in [3.63, 3.8) is 0 Å². The van der Waals surface area contributed by atoms with Gasteiger partial charge in [-0.1, -0.05) is 44.5 Å². The molecule has 146 valence electrons. The minimum Gasteiger partial charge on any atom is -0.476 e. The molecule has 27 heavy (non-hydrogen) atoms. The number of rotatable bonds is 8. The third-order valence-electron chi connectivity index (χ3n) is 5.14. The Kier molecular flexibility index (Phi) is 7.11. The molecule has 0 amide bonds. The molecule has 1 N–H and O–H groups in total. The van der Waals surface area contributed by atoms with Gasteiger partial charge in [-0.3, -0.25) is 4.79 Å². The predicted octanol–water partition coefficient (Wildman–Crippen LogP) is 4.31. The van der Waals surface area contributed by atoms with Crippen LogP contribution in [0.3, 0.4) is 0 Å². The first-order valence-corrected chi connectivity index (χ1v) is 10.2. The van der Waals surface area contributed by atoms with Gasteiger partial charge >= 0.3 is 0 Å². The van der Waals surface area contributed by atoms with Crippen molar-refractivity contribution in [3.05, 3.63) is 63.4 Å². The number of aromatic nitrogens is 1. The molecular formula is C23H31NO3. The van der Waals surface area contributed by atoms with Crippen LogP contribution in [0.15, 0.2) is 41.2 Å². The zero-order chi connectivity index (χ0) is 19.1. The van der Waals surface area contributed by atoms with Crippen molar-refractivity contribution in [1.29, 1.82) is 0 Å². The van der Waals surface area contributed by atoms with Crippen molar-refractivity contribution in [2.45, 2.75) is 58.5 Å². The standard InChI is InChI=1S/C23H31NO3/c1-3-4-18-6-8-19(9-7-18)10-11-20-13-21(25)14-23(24-20)27-16-22-12-5-17(2)15-26-22/h6-9,13-14,17,22H,3-5,10-12,15-16H2,1-2H3,(H,24,25). The van der Waals surface area contributed by atoms with Gasteiger partial charge in [0.2, 0.25) is 0 Å². The monoisotopic (exact) mass is 369 g/mol. The first kappa shape index (κ1) is 19.7. The van der Waals surface area contributed by atoms with E-state index in [1.54, 1.807) is 6.07 Å². The normalized spacial score (nSPS) is 19.8. The Morgan fingerprint density at radius 2 is 1.81 bits per heavy atom. The molecule has 1 aromatic heterocycles. The minimum atomic E-state index is -0.0183. The van der Waals surface area contributed by atoms with E-state index < -0.39 is 0 Å². The van der Waals surface area contributed by atoms with Crippen molar-refractivity contribution in [2.75, 3.05) is 13.2 Å². The quantitative estimate of drug-likeness (QED) is 0.754. The summed E-state index contributed by atoms with van der Waals surface area (Å²) in [6.07, 6.45) is 6.28.